The molecule has 1 unspecified atom stereocenters. The highest BCUT2D eigenvalue weighted by molar-refractivity contribution is 14.1. The SMILES string of the molecule is CC(C#N)n1cc(Nc2ncc(I)cn2)cn1. The number of rotatable bonds is 3. The normalized spacial score (nSPS) is 11.8. The van der Waals surface area contributed by atoms with Crippen molar-refractivity contribution in [2.45, 2.75) is 13.0 Å². The number of nitriles is 1. The number of hydrogen-bond donors (Lipinski definition) is 1. The van der Waals surface area contributed by atoms with Gasteiger partial charge in [0, 0.05) is 16.0 Å². The van der Waals surface area contributed by atoms with E-state index in [2.05, 4.69) is 49.0 Å². The average Bonchev–Trinajstić information content (AvgIpc) is 2.80. The van der Waals surface area contributed by atoms with Gasteiger partial charge in [0.05, 0.1) is 24.2 Å². The molecular formula is C10H9IN6. The van der Waals surface area contributed by atoms with E-state index in [1.54, 1.807) is 36.4 Å². The number of nitrogens with one attached hydrogen (secondary N) is 1. The Kier molecular flexibility index (Phi) is 3.53. The third-order valence-corrected chi connectivity index (χ3v) is 2.62. The molecule has 2 heterocycles. The van der Waals surface area contributed by atoms with Gasteiger partial charge in [0.25, 0.3) is 0 Å². The highest BCUT2D eigenvalue weighted by atomic mass is 127. The number of nitrogens with zero attached hydrogens (tertiary/aromatic N) is 5. The zero-order valence-electron chi connectivity index (χ0n) is 9.00. The highest BCUT2D eigenvalue weighted by Gasteiger charge is 2.05. The molecule has 1 N–H and O–H groups in total. The molecule has 86 valence electrons. The first-order chi connectivity index (χ1) is 8.19. The molecule has 0 amide bonds. The molecule has 0 radical (unpaired) electrons. The van der Waals surface area contributed by atoms with Crippen LogP contribution in [-0.2, 0) is 0 Å². The molecule has 6 nitrogen and oxygen atoms in total. The van der Waals surface area contributed by atoms with Crippen LogP contribution in [0.4, 0.5) is 11.6 Å². The summed E-state index contributed by atoms with van der Waals surface area (Å²) in [5.74, 6) is 0.509. The average molecular weight is 340 g/mol. The lowest BCUT2D eigenvalue weighted by Gasteiger charge is -2.02. The van der Waals surface area contributed by atoms with Crippen LogP contribution in [0.25, 0.3) is 0 Å². The van der Waals surface area contributed by atoms with Gasteiger partial charge >= 0.3 is 0 Å². The second kappa shape index (κ2) is 5.09. The Bertz CT molecular complexity index is 541. The van der Waals surface area contributed by atoms with Crippen LogP contribution < -0.4 is 5.32 Å². The summed E-state index contributed by atoms with van der Waals surface area (Å²) < 4.78 is 2.55. The van der Waals surface area contributed by atoms with Crippen LogP contribution in [0, 0.1) is 14.9 Å². The first-order valence-corrected chi connectivity index (χ1v) is 5.95. The molecule has 0 bridgehead atoms. The molecule has 0 fully saturated rings. The summed E-state index contributed by atoms with van der Waals surface area (Å²) in [5, 5.41) is 15.8. The van der Waals surface area contributed by atoms with Gasteiger partial charge in [-0.2, -0.15) is 10.4 Å². The summed E-state index contributed by atoms with van der Waals surface area (Å²) in [7, 11) is 0. The number of hydrogen-bond acceptors (Lipinski definition) is 5. The van der Waals surface area contributed by atoms with E-state index in [1.165, 1.54) is 0 Å². The molecular weight excluding hydrogens is 331 g/mol. The van der Waals surface area contributed by atoms with E-state index >= 15 is 0 Å². The standard InChI is InChI=1S/C10H9IN6/c1-7(2-12)17-6-9(5-15-17)16-10-13-3-8(11)4-14-10/h3-7H,1H3,(H,13,14,16). The predicted molar refractivity (Wildman–Crippen MR) is 70.6 cm³/mol. The lowest BCUT2D eigenvalue weighted by Crippen LogP contribution is -2.02. The van der Waals surface area contributed by atoms with Gasteiger partial charge in [-0.3, -0.25) is 4.68 Å². The zero-order chi connectivity index (χ0) is 12.3. The highest BCUT2D eigenvalue weighted by Crippen LogP contribution is 2.14. The minimum Gasteiger partial charge on any atom is -0.321 e. The van der Waals surface area contributed by atoms with Gasteiger partial charge in [-0.05, 0) is 29.5 Å². The summed E-state index contributed by atoms with van der Waals surface area (Å²) in [6, 6.07) is 1.82. The van der Waals surface area contributed by atoms with Gasteiger partial charge < -0.3 is 5.32 Å². The summed E-state index contributed by atoms with van der Waals surface area (Å²) in [5.41, 5.74) is 0.758. The van der Waals surface area contributed by atoms with E-state index in [1.807, 2.05) is 0 Å². The van der Waals surface area contributed by atoms with Crippen LogP contribution in [0.3, 0.4) is 0 Å². The Morgan fingerprint density at radius 3 is 2.76 bits per heavy atom. The van der Waals surface area contributed by atoms with Crippen molar-refractivity contribution in [1.29, 1.82) is 5.26 Å². The van der Waals surface area contributed by atoms with Crippen LogP contribution in [0.15, 0.2) is 24.8 Å². The quantitative estimate of drug-likeness (QED) is 0.866. The molecule has 1 atom stereocenters. The molecule has 7 heteroatoms. The Morgan fingerprint density at radius 1 is 1.41 bits per heavy atom. The van der Waals surface area contributed by atoms with Crippen molar-refractivity contribution in [3.63, 3.8) is 0 Å². The van der Waals surface area contributed by atoms with E-state index in [0.29, 0.717) is 5.95 Å². The minimum absolute atomic E-state index is 0.289. The largest absolute Gasteiger partial charge is 0.321 e. The van der Waals surface area contributed by atoms with Gasteiger partial charge in [-0.15, -0.1) is 0 Å². The third-order valence-electron chi connectivity index (χ3n) is 2.06. The second-order valence-electron chi connectivity index (χ2n) is 3.36. The molecule has 0 aliphatic rings. The molecule has 17 heavy (non-hydrogen) atoms. The fourth-order valence-corrected chi connectivity index (χ4v) is 1.46. The van der Waals surface area contributed by atoms with E-state index in [4.69, 9.17) is 5.26 Å². The van der Waals surface area contributed by atoms with Crippen LogP contribution in [0.1, 0.15) is 13.0 Å². The van der Waals surface area contributed by atoms with E-state index < -0.39 is 0 Å². The lowest BCUT2D eigenvalue weighted by atomic mass is 10.4. The minimum atomic E-state index is -0.289. The summed E-state index contributed by atoms with van der Waals surface area (Å²) in [6.07, 6.45) is 6.82. The van der Waals surface area contributed by atoms with E-state index in [9.17, 15) is 0 Å². The molecule has 2 aromatic rings. The van der Waals surface area contributed by atoms with Crippen molar-refractivity contribution in [2.75, 3.05) is 5.32 Å². The second-order valence-corrected chi connectivity index (χ2v) is 4.61. The molecule has 0 aliphatic carbocycles. The first kappa shape index (κ1) is 11.8. The Balaban J connectivity index is 2.12. The monoisotopic (exact) mass is 340 g/mol. The van der Waals surface area contributed by atoms with Gasteiger partial charge in [-0.1, -0.05) is 0 Å². The smallest absolute Gasteiger partial charge is 0.227 e. The van der Waals surface area contributed by atoms with Crippen molar-refractivity contribution in [3.05, 3.63) is 28.4 Å². The lowest BCUT2D eigenvalue weighted by molar-refractivity contribution is 0.591. The maximum atomic E-state index is 8.76. The molecule has 0 spiro atoms. The molecule has 2 aromatic heterocycles. The topological polar surface area (TPSA) is 79.4 Å². The summed E-state index contributed by atoms with van der Waals surface area (Å²) >= 11 is 2.14. The van der Waals surface area contributed by atoms with Gasteiger partial charge in [0.15, 0.2) is 0 Å². The van der Waals surface area contributed by atoms with Crippen molar-refractivity contribution in [3.8, 4) is 6.07 Å². The fourth-order valence-electron chi connectivity index (χ4n) is 1.18. The summed E-state index contributed by atoms with van der Waals surface area (Å²) in [6.45, 7) is 1.78. The van der Waals surface area contributed by atoms with Gasteiger partial charge in [0.1, 0.15) is 6.04 Å². The predicted octanol–water partition coefficient (Wildman–Crippen LogP) is 2.11. The third kappa shape index (κ3) is 2.91. The summed E-state index contributed by atoms with van der Waals surface area (Å²) in [4.78, 5) is 8.23. The Labute approximate surface area is 112 Å². The number of aromatic nitrogens is 4. The van der Waals surface area contributed by atoms with E-state index in [0.717, 1.165) is 9.26 Å². The Morgan fingerprint density at radius 2 is 2.12 bits per heavy atom. The number of halogens is 1. The molecule has 0 aromatic carbocycles. The van der Waals surface area contributed by atoms with Crippen molar-refractivity contribution < 1.29 is 0 Å². The first-order valence-electron chi connectivity index (χ1n) is 4.87. The van der Waals surface area contributed by atoms with Crippen LogP contribution in [0.5, 0.6) is 0 Å². The van der Waals surface area contributed by atoms with Crippen molar-refractivity contribution >= 4 is 34.2 Å². The Hall–Kier alpha value is -1.69. The van der Waals surface area contributed by atoms with Crippen LogP contribution >= 0.6 is 22.6 Å². The zero-order valence-corrected chi connectivity index (χ0v) is 11.2. The maximum Gasteiger partial charge on any atom is 0.227 e. The van der Waals surface area contributed by atoms with Gasteiger partial charge in [-0.25, -0.2) is 9.97 Å². The van der Waals surface area contributed by atoms with Crippen LogP contribution in [-0.4, -0.2) is 19.7 Å². The molecule has 0 saturated heterocycles. The molecule has 0 saturated carbocycles. The van der Waals surface area contributed by atoms with Crippen LogP contribution in [0.2, 0.25) is 0 Å². The fraction of sp³-hybridized carbons (Fsp3) is 0.200. The number of anilines is 2. The van der Waals surface area contributed by atoms with Gasteiger partial charge in [0.2, 0.25) is 5.95 Å². The maximum absolute atomic E-state index is 8.76. The van der Waals surface area contributed by atoms with Crippen molar-refractivity contribution in [1.82, 2.24) is 19.7 Å². The van der Waals surface area contributed by atoms with Crippen molar-refractivity contribution in [2.24, 2.45) is 0 Å². The van der Waals surface area contributed by atoms with E-state index in [-0.39, 0.29) is 6.04 Å². The molecule has 2 rings (SSSR count). The molecule has 0 aliphatic heterocycles.